The zero-order valence-corrected chi connectivity index (χ0v) is 11.9. The minimum absolute atomic E-state index is 0.840. The number of rotatable bonds is 2. The number of piperidine rings is 1. The van der Waals surface area contributed by atoms with E-state index in [1.165, 1.54) is 35.1 Å². The Balaban J connectivity index is 2.16. The van der Waals surface area contributed by atoms with Crippen LogP contribution in [0.2, 0.25) is 0 Å². The molecule has 0 amide bonds. The average molecular weight is 330 g/mol. The molecule has 0 aliphatic carbocycles. The number of anilines is 2. The molecule has 0 spiro atoms. The molecule has 1 aromatic carbocycles. The quantitative estimate of drug-likeness (QED) is 0.664. The van der Waals surface area contributed by atoms with Crippen LogP contribution in [0.1, 0.15) is 26.2 Å². The molecule has 1 saturated heterocycles. The number of nitrogens with two attached hydrogens (primary N) is 1. The van der Waals surface area contributed by atoms with Gasteiger partial charge in [0.25, 0.3) is 0 Å². The molecular weight excluding hydrogens is 311 g/mol. The summed E-state index contributed by atoms with van der Waals surface area (Å²) >= 11 is 2.31. The van der Waals surface area contributed by atoms with Crippen LogP contribution in [0.25, 0.3) is 0 Å². The Morgan fingerprint density at radius 2 is 2.31 bits per heavy atom. The van der Waals surface area contributed by atoms with Crippen molar-refractivity contribution in [2.24, 2.45) is 5.92 Å². The molecule has 2 N–H and O–H groups in total. The molecule has 1 aliphatic heterocycles. The number of halogens is 1. The van der Waals surface area contributed by atoms with Crippen molar-refractivity contribution in [1.29, 1.82) is 0 Å². The third kappa shape index (κ3) is 2.62. The molecule has 1 fully saturated rings. The summed E-state index contributed by atoms with van der Waals surface area (Å²) in [5, 5.41) is 0. The molecule has 0 bridgehead atoms. The summed E-state index contributed by atoms with van der Waals surface area (Å²) in [6.07, 6.45) is 3.95. The fourth-order valence-electron chi connectivity index (χ4n) is 2.43. The van der Waals surface area contributed by atoms with Gasteiger partial charge in [0.15, 0.2) is 0 Å². The van der Waals surface area contributed by atoms with Gasteiger partial charge in [0.05, 0.1) is 11.4 Å². The first-order chi connectivity index (χ1) is 7.70. The third-order valence-corrected chi connectivity index (χ3v) is 4.10. The first kappa shape index (κ1) is 12.0. The first-order valence-electron chi connectivity index (χ1n) is 6.00. The van der Waals surface area contributed by atoms with Gasteiger partial charge in [-0.1, -0.05) is 13.3 Å². The maximum atomic E-state index is 6.09. The van der Waals surface area contributed by atoms with Gasteiger partial charge in [-0.3, -0.25) is 0 Å². The van der Waals surface area contributed by atoms with E-state index in [0.717, 1.165) is 18.2 Å². The topological polar surface area (TPSA) is 29.3 Å². The van der Waals surface area contributed by atoms with Gasteiger partial charge in [-0.25, -0.2) is 0 Å². The minimum atomic E-state index is 0.840. The van der Waals surface area contributed by atoms with E-state index in [0.29, 0.717) is 0 Å². The highest BCUT2D eigenvalue weighted by Gasteiger charge is 2.19. The monoisotopic (exact) mass is 330 g/mol. The van der Waals surface area contributed by atoms with Crippen LogP contribution in [-0.4, -0.2) is 13.1 Å². The van der Waals surface area contributed by atoms with Gasteiger partial charge in [0.1, 0.15) is 0 Å². The summed E-state index contributed by atoms with van der Waals surface area (Å²) in [5.74, 6) is 0.840. The molecule has 0 saturated carbocycles. The maximum absolute atomic E-state index is 6.09. The Labute approximate surface area is 111 Å². The zero-order valence-electron chi connectivity index (χ0n) is 9.75. The normalized spacial score (nSPS) is 21.1. The molecule has 2 rings (SSSR count). The van der Waals surface area contributed by atoms with E-state index in [9.17, 15) is 0 Å². The van der Waals surface area contributed by atoms with Crippen LogP contribution in [0, 0.1) is 9.49 Å². The van der Waals surface area contributed by atoms with E-state index in [1.807, 2.05) is 0 Å². The predicted molar refractivity (Wildman–Crippen MR) is 78.8 cm³/mol. The van der Waals surface area contributed by atoms with E-state index < -0.39 is 0 Å². The second-order valence-corrected chi connectivity index (χ2v) is 5.81. The minimum Gasteiger partial charge on any atom is -0.397 e. The number of hydrogen-bond donors (Lipinski definition) is 1. The highest BCUT2D eigenvalue weighted by molar-refractivity contribution is 14.1. The summed E-state index contributed by atoms with van der Waals surface area (Å²) in [7, 11) is 0. The SMILES string of the molecule is CCC1CCCN(c2ccc(I)cc2N)C1. The third-order valence-electron chi connectivity index (χ3n) is 3.43. The lowest BCUT2D eigenvalue weighted by Crippen LogP contribution is -2.35. The smallest absolute Gasteiger partial charge is 0.0600 e. The lowest BCUT2D eigenvalue weighted by Gasteiger charge is -2.34. The Morgan fingerprint density at radius 3 is 3.00 bits per heavy atom. The van der Waals surface area contributed by atoms with Crippen LogP contribution in [-0.2, 0) is 0 Å². The number of nitrogens with zero attached hydrogens (tertiary/aromatic N) is 1. The molecule has 0 radical (unpaired) electrons. The fourth-order valence-corrected chi connectivity index (χ4v) is 2.95. The van der Waals surface area contributed by atoms with E-state index >= 15 is 0 Å². The van der Waals surface area contributed by atoms with Crippen LogP contribution < -0.4 is 10.6 Å². The average Bonchev–Trinajstić information content (AvgIpc) is 2.29. The lowest BCUT2D eigenvalue weighted by molar-refractivity contribution is 0.405. The molecule has 3 heteroatoms. The van der Waals surface area contributed by atoms with E-state index in [1.54, 1.807) is 0 Å². The van der Waals surface area contributed by atoms with Crippen molar-refractivity contribution in [3.8, 4) is 0 Å². The van der Waals surface area contributed by atoms with Gasteiger partial charge in [-0.2, -0.15) is 0 Å². The number of nitrogen functional groups attached to an aromatic ring is 1. The van der Waals surface area contributed by atoms with Crippen molar-refractivity contribution in [1.82, 2.24) is 0 Å². The highest BCUT2D eigenvalue weighted by Crippen LogP contribution is 2.30. The number of benzene rings is 1. The van der Waals surface area contributed by atoms with Crippen molar-refractivity contribution in [2.45, 2.75) is 26.2 Å². The van der Waals surface area contributed by atoms with Gasteiger partial charge in [0, 0.05) is 16.7 Å². The van der Waals surface area contributed by atoms with Crippen molar-refractivity contribution in [3.63, 3.8) is 0 Å². The molecule has 2 nitrogen and oxygen atoms in total. The van der Waals surface area contributed by atoms with Crippen LogP contribution in [0.4, 0.5) is 11.4 Å². The molecular formula is C13H19IN2. The van der Waals surface area contributed by atoms with Crippen LogP contribution in [0.3, 0.4) is 0 Å². The molecule has 88 valence electrons. The summed E-state index contributed by atoms with van der Waals surface area (Å²) in [6.45, 7) is 4.61. The molecule has 1 aromatic rings. The Bertz CT molecular complexity index is 365. The summed E-state index contributed by atoms with van der Waals surface area (Å²) in [4.78, 5) is 2.45. The van der Waals surface area contributed by atoms with Gasteiger partial charge >= 0.3 is 0 Å². The molecule has 1 unspecified atom stereocenters. The molecule has 1 atom stereocenters. The van der Waals surface area contributed by atoms with Crippen LogP contribution >= 0.6 is 22.6 Å². The van der Waals surface area contributed by atoms with Gasteiger partial charge in [-0.15, -0.1) is 0 Å². The second kappa shape index (κ2) is 5.25. The van der Waals surface area contributed by atoms with Crippen LogP contribution in [0.5, 0.6) is 0 Å². The molecule has 1 aliphatic rings. The summed E-state index contributed by atoms with van der Waals surface area (Å²) in [5.41, 5.74) is 8.23. The van der Waals surface area contributed by atoms with E-state index in [2.05, 4.69) is 52.6 Å². The van der Waals surface area contributed by atoms with Crippen LogP contribution in [0.15, 0.2) is 18.2 Å². The molecule has 1 heterocycles. The molecule has 0 aromatic heterocycles. The van der Waals surface area contributed by atoms with Gasteiger partial charge in [0.2, 0.25) is 0 Å². The van der Waals surface area contributed by atoms with E-state index in [-0.39, 0.29) is 0 Å². The zero-order chi connectivity index (χ0) is 11.5. The first-order valence-corrected chi connectivity index (χ1v) is 7.08. The molecule has 16 heavy (non-hydrogen) atoms. The fraction of sp³-hybridized carbons (Fsp3) is 0.538. The largest absolute Gasteiger partial charge is 0.397 e. The predicted octanol–water partition coefficient (Wildman–Crippen LogP) is 3.50. The van der Waals surface area contributed by atoms with Crippen molar-refractivity contribution >= 4 is 34.0 Å². The van der Waals surface area contributed by atoms with Gasteiger partial charge in [-0.05, 0) is 59.5 Å². The van der Waals surface area contributed by atoms with Crippen molar-refractivity contribution in [3.05, 3.63) is 21.8 Å². The van der Waals surface area contributed by atoms with Crippen molar-refractivity contribution < 1.29 is 0 Å². The van der Waals surface area contributed by atoms with E-state index in [4.69, 9.17) is 5.73 Å². The number of hydrogen-bond acceptors (Lipinski definition) is 2. The Hall–Kier alpha value is -0.450. The maximum Gasteiger partial charge on any atom is 0.0600 e. The van der Waals surface area contributed by atoms with Gasteiger partial charge < -0.3 is 10.6 Å². The Kier molecular flexibility index (Phi) is 3.95. The Morgan fingerprint density at radius 1 is 1.50 bits per heavy atom. The highest BCUT2D eigenvalue weighted by atomic mass is 127. The standard InChI is InChI=1S/C13H19IN2/c1-2-10-4-3-7-16(9-10)13-6-5-11(14)8-12(13)15/h5-6,8,10H,2-4,7,9,15H2,1H3. The summed E-state index contributed by atoms with van der Waals surface area (Å²) in [6, 6.07) is 6.36. The summed E-state index contributed by atoms with van der Waals surface area (Å²) < 4.78 is 1.21. The second-order valence-electron chi connectivity index (χ2n) is 4.57. The lowest BCUT2D eigenvalue weighted by atomic mass is 9.95. The van der Waals surface area contributed by atoms with Crippen molar-refractivity contribution in [2.75, 3.05) is 23.7 Å².